The summed E-state index contributed by atoms with van der Waals surface area (Å²) < 4.78 is 5.28. The van der Waals surface area contributed by atoms with Gasteiger partial charge in [-0.1, -0.05) is 0 Å². The van der Waals surface area contributed by atoms with E-state index in [1.165, 1.54) is 10.4 Å². The third-order valence-corrected chi connectivity index (χ3v) is 6.43. The molecule has 1 aliphatic rings. The summed E-state index contributed by atoms with van der Waals surface area (Å²) in [5.41, 5.74) is 2.17. The molecule has 0 aromatic carbocycles. The number of carbonyl (C=O) groups excluding carboxylic acids is 1. The summed E-state index contributed by atoms with van der Waals surface area (Å²) in [5.74, 6) is 1.92. The Morgan fingerprint density at radius 2 is 2.20 bits per heavy atom. The highest BCUT2D eigenvalue weighted by Crippen LogP contribution is 2.40. The van der Waals surface area contributed by atoms with E-state index < -0.39 is 6.04 Å². The van der Waals surface area contributed by atoms with Gasteiger partial charge in [0.15, 0.2) is 5.82 Å². The summed E-state index contributed by atoms with van der Waals surface area (Å²) in [5, 5.41) is 7.28. The van der Waals surface area contributed by atoms with Gasteiger partial charge in [-0.2, -0.15) is 0 Å². The Balaban J connectivity index is 1.46. The van der Waals surface area contributed by atoms with Crippen molar-refractivity contribution in [2.24, 2.45) is 0 Å². The number of aromatic nitrogens is 3. The van der Waals surface area contributed by atoms with Crippen molar-refractivity contribution >= 4 is 33.3 Å². The van der Waals surface area contributed by atoms with E-state index in [9.17, 15) is 4.79 Å². The van der Waals surface area contributed by atoms with Crippen LogP contribution in [0.15, 0.2) is 47.3 Å². The van der Waals surface area contributed by atoms with Crippen LogP contribution < -0.4 is 10.6 Å². The van der Waals surface area contributed by atoms with Crippen LogP contribution in [0.3, 0.4) is 0 Å². The first kappa shape index (κ1) is 18.7. The minimum absolute atomic E-state index is 0.118. The Morgan fingerprint density at radius 1 is 1.27 bits per heavy atom. The van der Waals surface area contributed by atoms with Crippen molar-refractivity contribution in [2.45, 2.75) is 38.8 Å². The molecule has 1 amide bonds. The van der Waals surface area contributed by atoms with Gasteiger partial charge in [0.05, 0.1) is 18.2 Å². The molecule has 8 heteroatoms. The zero-order chi connectivity index (χ0) is 20.5. The van der Waals surface area contributed by atoms with E-state index in [1.54, 1.807) is 36.1 Å². The molecule has 5 rings (SSSR count). The highest BCUT2D eigenvalue weighted by molar-refractivity contribution is 7.19. The SMILES string of the molecule is CC(Nc1nc(-c2cccnc2)nc2sc3c(c12)CCC3)C(=O)NCc1ccco1. The number of rotatable bonds is 6. The maximum Gasteiger partial charge on any atom is 0.242 e. The number of fused-ring (bicyclic) bond motifs is 3. The van der Waals surface area contributed by atoms with Gasteiger partial charge in [-0.3, -0.25) is 9.78 Å². The number of pyridine rings is 1. The van der Waals surface area contributed by atoms with Crippen LogP contribution in [0.4, 0.5) is 5.82 Å². The summed E-state index contributed by atoms with van der Waals surface area (Å²) in [4.78, 5) is 28.8. The average Bonchev–Trinajstić information content (AvgIpc) is 3.50. The zero-order valence-corrected chi connectivity index (χ0v) is 17.3. The standard InChI is InChI=1S/C22H21N5O2S/c1-13(21(28)24-12-15-6-4-10-29-15)25-20-18-16-7-2-8-17(16)30-22(18)27-19(26-20)14-5-3-9-23-11-14/h3-6,9-11,13H,2,7-8,12H2,1H3,(H,24,28)(H,25,26,27). The number of furan rings is 1. The molecule has 4 aromatic heterocycles. The summed E-state index contributed by atoms with van der Waals surface area (Å²) in [6.07, 6.45) is 8.34. The van der Waals surface area contributed by atoms with Gasteiger partial charge in [0, 0.05) is 22.8 Å². The van der Waals surface area contributed by atoms with Gasteiger partial charge < -0.3 is 15.1 Å². The lowest BCUT2D eigenvalue weighted by Gasteiger charge is -2.16. The van der Waals surface area contributed by atoms with Crippen molar-refractivity contribution in [3.05, 3.63) is 59.1 Å². The number of thiophene rings is 1. The smallest absolute Gasteiger partial charge is 0.242 e. The maximum absolute atomic E-state index is 12.6. The molecule has 0 saturated heterocycles. The van der Waals surface area contributed by atoms with Gasteiger partial charge in [-0.15, -0.1) is 11.3 Å². The van der Waals surface area contributed by atoms with Gasteiger partial charge in [0.2, 0.25) is 5.91 Å². The van der Waals surface area contributed by atoms with Crippen molar-refractivity contribution < 1.29 is 9.21 Å². The van der Waals surface area contributed by atoms with Crippen LogP contribution in [-0.4, -0.2) is 26.9 Å². The second-order valence-electron chi connectivity index (χ2n) is 7.34. The molecular weight excluding hydrogens is 398 g/mol. The van der Waals surface area contributed by atoms with Crippen LogP contribution in [0.2, 0.25) is 0 Å². The number of hydrogen-bond acceptors (Lipinski definition) is 7. The van der Waals surface area contributed by atoms with Crippen molar-refractivity contribution in [1.82, 2.24) is 20.3 Å². The third kappa shape index (κ3) is 3.54. The van der Waals surface area contributed by atoms with E-state index >= 15 is 0 Å². The van der Waals surface area contributed by atoms with Crippen molar-refractivity contribution in [2.75, 3.05) is 5.32 Å². The van der Waals surface area contributed by atoms with Crippen LogP contribution in [0.25, 0.3) is 21.6 Å². The lowest BCUT2D eigenvalue weighted by molar-refractivity contribution is -0.121. The molecule has 1 unspecified atom stereocenters. The van der Waals surface area contributed by atoms with Gasteiger partial charge in [0.1, 0.15) is 22.5 Å². The van der Waals surface area contributed by atoms with Crippen LogP contribution in [-0.2, 0) is 24.2 Å². The second kappa shape index (κ2) is 7.87. The minimum Gasteiger partial charge on any atom is -0.467 e. The van der Waals surface area contributed by atoms with Gasteiger partial charge in [-0.05, 0) is 56.0 Å². The Labute approximate surface area is 177 Å². The summed E-state index contributed by atoms with van der Waals surface area (Å²) in [7, 11) is 0. The molecule has 0 spiro atoms. The molecule has 0 fully saturated rings. The van der Waals surface area contributed by atoms with Crippen LogP contribution in [0.5, 0.6) is 0 Å². The molecule has 7 nitrogen and oxygen atoms in total. The van der Waals surface area contributed by atoms with E-state index in [0.29, 0.717) is 18.2 Å². The zero-order valence-electron chi connectivity index (χ0n) is 16.5. The Kier molecular flexibility index (Phi) is 4.92. The maximum atomic E-state index is 12.6. The Hall–Kier alpha value is -3.26. The molecule has 4 heterocycles. The number of amides is 1. The third-order valence-electron chi connectivity index (χ3n) is 5.25. The molecule has 1 atom stereocenters. The Morgan fingerprint density at radius 3 is 3.00 bits per heavy atom. The monoisotopic (exact) mass is 419 g/mol. The molecule has 30 heavy (non-hydrogen) atoms. The summed E-state index contributed by atoms with van der Waals surface area (Å²) in [6.45, 7) is 2.19. The fourth-order valence-electron chi connectivity index (χ4n) is 3.74. The number of hydrogen-bond donors (Lipinski definition) is 2. The quantitative estimate of drug-likeness (QED) is 0.492. The molecule has 2 N–H and O–H groups in total. The minimum atomic E-state index is -0.461. The van der Waals surface area contributed by atoms with E-state index in [2.05, 4.69) is 15.6 Å². The summed E-state index contributed by atoms with van der Waals surface area (Å²) >= 11 is 1.73. The topological polar surface area (TPSA) is 92.9 Å². The van der Waals surface area contributed by atoms with E-state index in [4.69, 9.17) is 14.4 Å². The van der Waals surface area contributed by atoms with E-state index in [1.807, 2.05) is 25.1 Å². The molecular formula is C22H21N5O2S. The fourth-order valence-corrected chi connectivity index (χ4v) is 5.00. The normalized spacial score (nSPS) is 13.9. The fraction of sp³-hybridized carbons (Fsp3) is 0.273. The van der Waals surface area contributed by atoms with Gasteiger partial charge in [-0.25, -0.2) is 9.97 Å². The van der Waals surface area contributed by atoms with E-state index in [-0.39, 0.29) is 5.91 Å². The van der Waals surface area contributed by atoms with Gasteiger partial charge >= 0.3 is 0 Å². The molecule has 0 aliphatic heterocycles. The first-order chi connectivity index (χ1) is 14.7. The first-order valence-electron chi connectivity index (χ1n) is 9.98. The highest BCUT2D eigenvalue weighted by atomic mass is 32.1. The highest BCUT2D eigenvalue weighted by Gasteiger charge is 2.24. The van der Waals surface area contributed by atoms with Crippen molar-refractivity contribution in [1.29, 1.82) is 0 Å². The predicted octanol–water partition coefficient (Wildman–Crippen LogP) is 3.95. The van der Waals surface area contributed by atoms with E-state index in [0.717, 1.165) is 40.8 Å². The second-order valence-corrected chi connectivity index (χ2v) is 8.42. The van der Waals surface area contributed by atoms with Gasteiger partial charge in [0.25, 0.3) is 0 Å². The number of aryl methyl sites for hydroxylation is 2. The largest absolute Gasteiger partial charge is 0.467 e. The van der Waals surface area contributed by atoms with Crippen LogP contribution in [0.1, 0.15) is 29.5 Å². The lowest BCUT2D eigenvalue weighted by atomic mass is 10.1. The molecule has 0 radical (unpaired) electrons. The lowest BCUT2D eigenvalue weighted by Crippen LogP contribution is -2.37. The molecule has 152 valence electrons. The van der Waals surface area contributed by atoms with Crippen molar-refractivity contribution in [3.63, 3.8) is 0 Å². The molecule has 0 bridgehead atoms. The first-order valence-corrected chi connectivity index (χ1v) is 10.8. The molecule has 1 aliphatic carbocycles. The number of anilines is 1. The average molecular weight is 420 g/mol. The predicted molar refractivity (Wildman–Crippen MR) is 116 cm³/mol. The molecule has 4 aromatic rings. The van der Waals surface area contributed by atoms with Crippen molar-refractivity contribution in [3.8, 4) is 11.4 Å². The summed E-state index contributed by atoms with van der Waals surface area (Å²) in [6, 6.07) is 6.99. The van der Waals surface area contributed by atoms with Crippen LogP contribution in [0, 0.1) is 0 Å². The number of nitrogens with zero attached hydrogens (tertiary/aromatic N) is 3. The molecule has 0 saturated carbocycles. The Bertz CT molecular complexity index is 1190. The van der Waals surface area contributed by atoms with Crippen LogP contribution >= 0.6 is 11.3 Å². The number of carbonyl (C=O) groups is 1. The number of nitrogens with one attached hydrogen (secondary N) is 2.